The molecule has 17 heavy (non-hydrogen) atoms. The molecule has 0 spiro atoms. The largest absolute Gasteiger partial charge is 0.385 e. The zero-order valence-corrected chi connectivity index (χ0v) is 9.15. The minimum absolute atomic E-state index is 0.170. The van der Waals surface area contributed by atoms with Crippen LogP contribution in [0, 0.1) is 0 Å². The van der Waals surface area contributed by atoms with Crippen molar-refractivity contribution >= 4 is 11.6 Å². The van der Waals surface area contributed by atoms with Crippen molar-refractivity contribution in [2.75, 3.05) is 18.9 Å². The Kier molecular flexibility index (Phi) is 4.77. The number of hydrogen-bond acceptors (Lipinski definition) is 4. The van der Waals surface area contributed by atoms with Gasteiger partial charge in [0.25, 0.3) is 12.3 Å². The molecule has 3 N–H and O–H groups in total. The van der Waals surface area contributed by atoms with Gasteiger partial charge in [-0.05, 0) is 12.1 Å². The molecule has 1 aromatic heterocycles. The SMILES string of the molecule is CNC(=O)c1cc(NCC(O)C(F)F)ccn1. The molecule has 1 rings (SSSR count). The number of rotatable bonds is 5. The Morgan fingerprint density at radius 1 is 1.59 bits per heavy atom. The van der Waals surface area contributed by atoms with Crippen LogP contribution in [0.4, 0.5) is 14.5 Å². The molecule has 1 aromatic rings. The van der Waals surface area contributed by atoms with Crippen molar-refractivity contribution in [3.63, 3.8) is 0 Å². The highest BCUT2D eigenvalue weighted by molar-refractivity contribution is 5.92. The van der Waals surface area contributed by atoms with E-state index in [4.69, 9.17) is 5.11 Å². The number of aliphatic hydroxyl groups excluding tert-OH is 1. The van der Waals surface area contributed by atoms with Crippen molar-refractivity contribution in [1.29, 1.82) is 0 Å². The van der Waals surface area contributed by atoms with Crippen LogP contribution < -0.4 is 10.6 Å². The molecule has 5 nitrogen and oxygen atoms in total. The van der Waals surface area contributed by atoms with Crippen LogP contribution >= 0.6 is 0 Å². The van der Waals surface area contributed by atoms with E-state index < -0.39 is 12.5 Å². The first kappa shape index (κ1) is 13.3. The number of pyridine rings is 1. The first-order chi connectivity index (χ1) is 8.04. The lowest BCUT2D eigenvalue weighted by Crippen LogP contribution is -2.27. The molecule has 0 saturated heterocycles. The maximum absolute atomic E-state index is 12.0. The monoisotopic (exact) mass is 245 g/mol. The van der Waals surface area contributed by atoms with E-state index in [-0.39, 0.29) is 18.1 Å². The second-order valence-electron chi connectivity index (χ2n) is 3.29. The van der Waals surface area contributed by atoms with Gasteiger partial charge in [-0.2, -0.15) is 0 Å². The molecule has 0 bridgehead atoms. The van der Waals surface area contributed by atoms with Crippen molar-refractivity contribution < 1.29 is 18.7 Å². The fourth-order valence-electron chi connectivity index (χ4n) is 1.10. The summed E-state index contributed by atoms with van der Waals surface area (Å²) in [5.74, 6) is -0.372. The van der Waals surface area contributed by atoms with Gasteiger partial charge in [-0.3, -0.25) is 9.78 Å². The van der Waals surface area contributed by atoms with Crippen LogP contribution in [0.2, 0.25) is 0 Å². The third kappa shape index (κ3) is 3.95. The quantitative estimate of drug-likeness (QED) is 0.705. The summed E-state index contributed by atoms with van der Waals surface area (Å²) in [4.78, 5) is 15.1. The summed E-state index contributed by atoms with van der Waals surface area (Å²) in [5, 5.41) is 13.9. The molecule has 7 heteroatoms. The minimum Gasteiger partial charge on any atom is -0.385 e. The van der Waals surface area contributed by atoms with Crippen LogP contribution in [-0.4, -0.2) is 42.1 Å². The Morgan fingerprint density at radius 2 is 2.29 bits per heavy atom. The number of amides is 1. The van der Waals surface area contributed by atoms with Crippen LogP contribution in [0.5, 0.6) is 0 Å². The van der Waals surface area contributed by atoms with Gasteiger partial charge < -0.3 is 15.7 Å². The molecule has 1 atom stereocenters. The van der Waals surface area contributed by atoms with Gasteiger partial charge in [-0.25, -0.2) is 8.78 Å². The average molecular weight is 245 g/mol. The van der Waals surface area contributed by atoms with E-state index in [9.17, 15) is 13.6 Å². The molecule has 94 valence electrons. The number of carbonyl (C=O) groups is 1. The van der Waals surface area contributed by atoms with Crippen LogP contribution in [0.25, 0.3) is 0 Å². The number of anilines is 1. The number of halogens is 2. The van der Waals surface area contributed by atoms with Crippen molar-refractivity contribution in [3.05, 3.63) is 24.0 Å². The van der Waals surface area contributed by atoms with E-state index in [0.717, 1.165) is 0 Å². The average Bonchev–Trinajstić information content (AvgIpc) is 2.35. The fraction of sp³-hybridized carbons (Fsp3) is 0.400. The van der Waals surface area contributed by atoms with Crippen molar-refractivity contribution in [2.24, 2.45) is 0 Å². The zero-order valence-electron chi connectivity index (χ0n) is 9.15. The van der Waals surface area contributed by atoms with Gasteiger partial charge in [0.05, 0.1) is 0 Å². The smallest absolute Gasteiger partial charge is 0.269 e. The third-order valence-electron chi connectivity index (χ3n) is 2.03. The Morgan fingerprint density at radius 3 is 2.88 bits per heavy atom. The highest BCUT2D eigenvalue weighted by Crippen LogP contribution is 2.09. The van der Waals surface area contributed by atoms with E-state index in [1.165, 1.54) is 25.4 Å². The van der Waals surface area contributed by atoms with Crippen molar-refractivity contribution in [3.8, 4) is 0 Å². The van der Waals surface area contributed by atoms with E-state index >= 15 is 0 Å². The normalized spacial score (nSPS) is 12.3. The molecule has 0 aliphatic carbocycles. The number of nitrogens with zero attached hydrogens (tertiary/aromatic N) is 1. The summed E-state index contributed by atoms with van der Waals surface area (Å²) in [6, 6.07) is 2.93. The van der Waals surface area contributed by atoms with Gasteiger partial charge in [0.2, 0.25) is 0 Å². The van der Waals surface area contributed by atoms with Gasteiger partial charge in [0, 0.05) is 25.5 Å². The summed E-state index contributed by atoms with van der Waals surface area (Å²) in [6.45, 7) is -0.297. The standard InChI is InChI=1S/C10H13F2N3O2/c1-13-10(17)7-4-6(2-3-14-7)15-5-8(16)9(11)12/h2-4,8-9,16H,5H2,1H3,(H,13,17)(H,14,15). The second kappa shape index (κ2) is 6.09. The van der Waals surface area contributed by atoms with Gasteiger partial charge in [0.15, 0.2) is 0 Å². The van der Waals surface area contributed by atoms with Crippen molar-refractivity contribution in [2.45, 2.75) is 12.5 Å². The first-order valence-electron chi connectivity index (χ1n) is 4.93. The molecule has 0 aliphatic rings. The first-order valence-corrected chi connectivity index (χ1v) is 4.93. The highest BCUT2D eigenvalue weighted by Gasteiger charge is 2.16. The number of aliphatic hydroxyl groups is 1. The maximum atomic E-state index is 12.0. The van der Waals surface area contributed by atoms with E-state index in [2.05, 4.69) is 15.6 Å². The predicted octanol–water partition coefficient (Wildman–Crippen LogP) is 0.479. The molecule has 1 amide bonds. The topological polar surface area (TPSA) is 74.2 Å². The Balaban J connectivity index is 2.63. The Bertz CT molecular complexity index is 388. The van der Waals surface area contributed by atoms with Crippen LogP contribution in [-0.2, 0) is 0 Å². The lowest BCUT2D eigenvalue weighted by Gasteiger charge is -2.12. The summed E-state index contributed by atoms with van der Waals surface area (Å²) in [7, 11) is 1.46. The fourth-order valence-corrected chi connectivity index (χ4v) is 1.10. The molecule has 0 radical (unpaired) electrons. The summed E-state index contributed by atoms with van der Waals surface area (Å²) in [5.41, 5.74) is 0.613. The van der Waals surface area contributed by atoms with E-state index in [0.29, 0.717) is 5.69 Å². The van der Waals surface area contributed by atoms with E-state index in [1.54, 1.807) is 0 Å². The van der Waals surface area contributed by atoms with Gasteiger partial charge in [-0.1, -0.05) is 0 Å². The molecular weight excluding hydrogens is 232 g/mol. The molecular formula is C10H13F2N3O2. The van der Waals surface area contributed by atoms with Gasteiger partial charge in [-0.15, -0.1) is 0 Å². The maximum Gasteiger partial charge on any atom is 0.269 e. The molecule has 0 saturated carbocycles. The Labute approximate surface area is 96.9 Å². The third-order valence-corrected chi connectivity index (χ3v) is 2.03. The molecule has 1 heterocycles. The number of aromatic nitrogens is 1. The minimum atomic E-state index is -2.80. The van der Waals surface area contributed by atoms with Crippen LogP contribution in [0.15, 0.2) is 18.3 Å². The van der Waals surface area contributed by atoms with Gasteiger partial charge >= 0.3 is 0 Å². The van der Waals surface area contributed by atoms with E-state index in [1.807, 2.05) is 0 Å². The lowest BCUT2D eigenvalue weighted by molar-refractivity contribution is 0.00384. The molecule has 0 aromatic carbocycles. The summed E-state index contributed by atoms with van der Waals surface area (Å²) < 4.78 is 24.1. The number of carbonyl (C=O) groups excluding carboxylic acids is 1. The number of alkyl halides is 2. The zero-order chi connectivity index (χ0) is 12.8. The molecule has 0 fully saturated rings. The Hall–Kier alpha value is -1.76. The number of hydrogen-bond donors (Lipinski definition) is 3. The number of nitrogens with one attached hydrogen (secondary N) is 2. The molecule has 1 unspecified atom stereocenters. The highest BCUT2D eigenvalue weighted by atomic mass is 19.3. The molecule has 0 aliphatic heterocycles. The second-order valence-corrected chi connectivity index (χ2v) is 3.29. The predicted molar refractivity (Wildman–Crippen MR) is 58.1 cm³/mol. The van der Waals surface area contributed by atoms with Crippen LogP contribution in [0.1, 0.15) is 10.5 Å². The van der Waals surface area contributed by atoms with Crippen molar-refractivity contribution in [1.82, 2.24) is 10.3 Å². The summed E-state index contributed by atoms with van der Waals surface area (Å²) >= 11 is 0. The lowest BCUT2D eigenvalue weighted by atomic mass is 10.3. The van der Waals surface area contributed by atoms with Crippen LogP contribution in [0.3, 0.4) is 0 Å². The van der Waals surface area contributed by atoms with Gasteiger partial charge in [0.1, 0.15) is 11.8 Å². The summed E-state index contributed by atoms with van der Waals surface area (Å²) in [6.07, 6.45) is -3.17.